The van der Waals surface area contributed by atoms with Crippen LogP contribution < -0.4 is 15.0 Å². The minimum absolute atomic E-state index is 0.0183. The molecule has 2 N–H and O–H groups in total. The normalized spacial score (nSPS) is 14.7. The molecular formula is C24H28N2O4. The van der Waals surface area contributed by atoms with Crippen molar-refractivity contribution in [2.75, 3.05) is 31.1 Å². The molecule has 158 valence electrons. The second-order valence-electron chi connectivity index (χ2n) is 7.27. The van der Waals surface area contributed by atoms with E-state index in [9.17, 15) is 14.7 Å². The summed E-state index contributed by atoms with van der Waals surface area (Å²) in [5.74, 6) is 0.383. The average Bonchev–Trinajstić information content (AvgIpc) is 2.77. The van der Waals surface area contributed by atoms with Crippen LogP contribution in [-0.2, 0) is 4.79 Å². The number of benzene rings is 2. The Morgan fingerprint density at radius 3 is 2.40 bits per heavy atom. The maximum Gasteiger partial charge on any atom is 0.257 e. The molecule has 1 fully saturated rings. The summed E-state index contributed by atoms with van der Waals surface area (Å²) in [5, 5.41) is 12.3. The zero-order chi connectivity index (χ0) is 21.3. The van der Waals surface area contributed by atoms with Crippen molar-refractivity contribution in [3.63, 3.8) is 0 Å². The summed E-state index contributed by atoms with van der Waals surface area (Å²) in [7, 11) is 0. The molecule has 30 heavy (non-hydrogen) atoms. The number of ketones is 1. The number of rotatable bonds is 8. The van der Waals surface area contributed by atoms with Gasteiger partial charge in [-0.25, -0.2) is 0 Å². The summed E-state index contributed by atoms with van der Waals surface area (Å²) in [6.45, 7) is 4.07. The number of aliphatic hydroxyl groups is 1. The van der Waals surface area contributed by atoms with E-state index in [1.54, 1.807) is 24.3 Å². The van der Waals surface area contributed by atoms with Crippen molar-refractivity contribution < 1.29 is 19.4 Å². The Hall–Kier alpha value is -3.12. The summed E-state index contributed by atoms with van der Waals surface area (Å²) in [6, 6.07) is 14.8. The van der Waals surface area contributed by atoms with E-state index in [0.717, 1.165) is 37.2 Å². The number of carbonyl (C=O) groups excluding carboxylic acids is 2. The Morgan fingerprint density at radius 1 is 1.10 bits per heavy atom. The van der Waals surface area contributed by atoms with Gasteiger partial charge in [-0.2, -0.15) is 0 Å². The Balaban J connectivity index is 1.53. The number of amides is 1. The maximum absolute atomic E-state index is 12.5. The van der Waals surface area contributed by atoms with E-state index in [1.807, 2.05) is 43.3 Å². The number of hydrogen-bond acceptors (Lipinski definition) is 5. The number of ether oxygens (including phenoxy) is 1. The lowest BCUT2D eigenvalue weighted by Gasteiger charge is -2.31. The van der Waals surface area contributed by atoms with Crippen LogP contribution in [0.5, 0.6) is 5.75 Å². The summed E-state index contributed by atoms with van der Waals surface area (Å²) in [5.41, 5.74) is 2.58. The zero-order valence-electron chi connectivity index (χ0n) is 17.2. The lowest BCUT2D eigenvalue weighted by atomic mass is 10.1. The van der Waals surface area contributed by atoms with Crippen LogP contribution in [0.25, 0.3) is 6.08 Å². The maximum atomic E-state index is 12.5. The van der Waals surface area contributed by atoms with Gasteiger partial charge in [0.1, 0.15) is 5.75 Å². The van der Waals surface area contributed by atoms with E-state index in [2.05, 4.69) is 10.2 Å². The lowest BCUT2D eigenvalue weighted by molar-refractivity contribution is -0.122. The van der Waals surface area contributed by atoms with Gasteiger partial charge in [0.25, 0.3) is 5.91 Å². The van der Waals surface area contributed by atoms with Gasteiger partial charge in [0.05, 0.1) is 6.10 Å². The van der Waals surface area contributed by atoms with Crippen molar-refractivity contribution in [2.24, 2.45) is 0 Å². The van der Waals surface area contributed by atoms with Crippen LogP contribution in [0.1, 0.15) is 35.7 Å². The Morgan fingerprint density at radius 2 is 1.77 bits per heavy atom. The highest BCUT2D eigenvalue weighted by Crippen LogP contribution is 2.21. The predicted molar refractivity (Wildman–Crippen MR) is 118 cm³/mol. The van der Waals surface area contributed by atoms with E-state index < -0.39 is 0 Å². The Bertz CT molecular complexity index is 867. The van der Waals surface area contributed by atoms with Gasteiger partial charge < -0.3 is 20.1 Å². The summed E-state index contributed by atoms with van der Waals surface area (Å²) < 4.78 is 5.42. The molecule has 6 nitrogen and oxygen atoms in total. The minimum atomic E-state index is -0.201. The van der Waals surface area contributed by atoms with Gasteiger partial charge in [0.2, 0.25) is 0 Å². The standard InChI is InChI=1S/C24H28N2O4/c1-2-25-24(29)17-30-22-10-3-18(4-11-22)5-12-23(28)19-6-8-20(9-7-19)26-15-13-21(27)14-16-26/h3-12,21,27H,2,13-17H2,1H3,(H,25,29). The molecule has 2 aromatic carbocycles. The quantitative estimate of drug-likeness (QED) is 0.518. The van der Waals surface area contributed by atoms with Gasteiger partial charge in [-0.15, -0.1) is 0 Å². The van der Waals surface area contributed by atoms with Crippen molar-refractivity contribution in [1.29, 1.82) is 0 Å². The Kier molecular flexibility index (Phi) is 7.63. The van der Waals surface area contributed by atoms with E-state index in [0.29, 0.717) is 17.9 Å². The van der Waals surface area contributed by atoms with E-state index in [-0.39, 0.29) is 24.4 Å². The van der Waals surface area contributed by atoms with Gasteiger partial charge in [-0.3, -0.25) is 9.59 Å². The first-order valence-electron chi connectivity index (χ1n) is 10.3. The highest BCUT2D eigenvalue weighted by molar-refractivity contribution is 6.07. The van der Waals surface area contributed by atoms with Crippen LogP contribution in [0.3, 0.4) is 0 Å². The third-order valence-corrected chi connectivity index (χ3v) is 5.03. The monoisotopic (exact) mass is 408 g/mol. The number of piperidine rings is 1. The smallest absolute Gasteiger partial charge is 0.257 e. The fourth-order valence-corrected chi connectivity index (χ4v) is 3.30. The topological polar surface area (TPSA) is 78.9 Å². The number of likely N-dealkylation sites (N-methyl/N-ethyl adjacent to an activating group) is 1. The number of nitrogens with zero attached hydrogens (tertiary/aromatic N) is 1. The van der Waals surface area contributed by atoms with Crippen LogP contribution in [0.2, 0.25) is 0 Å². The van der Waals surface area contributed by atoms with Crippen molar-refractivity contribution in [3.05, 3.63) is 65.7 Å². The van der Waals surface area contributed by atoms with Crippen molar-refractivity contribution >= 4 is 23.5 Å². The van der Waals surface area contributed by atoms with Gasteiger partial charge in [0, 0.05) is 30.9 Å². The molecule has 1 saturated heterocycles. The predicted octanol–water partition coefficient (Wildman–Crippen LogP) is 3.06. The molecule has 0 saturated carbocycles. The molecule has 1 heterocycles. The number of aliphatic hydroxyl groups excluding tert-OH is 1. The molecule has 0 atom stereocenters. The summed E-state index contributed by atoms with van der Waals surface area (Å²) >= 11 is 0. The largest absolute Gasteiger partial charge is 0.484 e. The van der Waals surface area contributed by atoms with Crippen molar-refractivity contribution in [3.8, 4) is 5.75 Å². The van der Waals surface area contributed by atoms with Crippen LogP contribution in [0, 0.1) is 0 Å². The molecular weight excluding hydrogens is 380 g/mol. The van der Waals surface area contributed by atoms with Gasteiger partial charge in [0.15, 0.2) is 12.4 Å². The molecule has 0 aromatic heterocycles. The van der Waals surface area contributed by atoms with Crippen LogP contribution in [0.15, 0.2) is 54.6 Å². The highest BCUT2D eigenvalue weighted by atomic mass is 16.5. The lowest BCUT2D eigenvalue weighted by Crippen LogP contribution is -2.35. The first-order chi connectivity index (χ1) is 14.5. The highest BCUT2D eigenvalue weighted by Gasteiger charge is 2.17. The molecule has 3 rings (SSSR count). The fraction of sp³-hybridized carbons (Fsp3) is 0.333. The molecule has 1 aliphatic rings. The molecule has 1 amide bonds. The van der Waals surface area contributed by atoms with Gasteiger partial charge in [-0.05, 0) is 67.8 Å². The van der Waals surface area contributed by atoms with Crippen LogP contribution in [-0.4, -0.2) is 49.1 Å². The average molecular weight is 408 g/mol. The third kappa shape index (κ3) is 6.19. The van der Waals surface area contributed by atoms with Crippen molar-refractivity contribution in [2.45, 2.75) is 25.9 Å². The minimum Gasteiger partial charge on any atom is -0.484 e. The number of hydrogen-bond donors (Lipinski definition) is 2. The fourth-order valence-electron chi connectivity index (χ4n) is 3.30. The van der Waals surface area contributed by atoms with Gasteiger partial charge in [-0.1, -0.05) is 18.2 Å². The number of carbonyl (C=O) groups is 2. The molecule has 1 aliphatic heterocycles. The van der Waals surface area contributed by atoms with Crippen molar-refractivity contribution in [1.82, 2.24) is 5.32 Å². The second-order valence-corrected chi connectivity index (χ2v) is 7.27. The molecule has 0 radical (unpaired) electrons. The molecule has 0 unspecified atom stereocenters. The number of anilines is 1. The molecule has 0 bridgehead atoms. The molecule has 6 heteroatoms. The zero-order valence-corrected chi connectivity index (χ0v) is 17.2. The van der Waals surface area contributed by atoms with Gasteiger partial charge >= 0.3 is 0 Å². The Labute approximate surface area is 177 Å². The first kappa shape index (κ1) is 21.6. The molecule has 0 aliphatic carbocycles. The SMILES string of the molecule is CCNC(=O)COc1ccc(C=CC(=O)c2ccc(N3CCC(O)CC3)cc2)cc1. The number of allylic oxidation sites excluding steroid dienone is 1. The van der Waals surface area contributed by atoms with E-state index in [4.69, 9.17) is 4.74 Å². The summed E-state index contributed by atoms with van der Waals surface area (Å²) in [4.78, 5) is 26.1. The van der Waals surface area contributed by atoms with Crippen LogP contribution >= 0.6 is 0 Å². The van der Waals surface area contributed by atoms with E-state index >= 15 is 0 Å². The third-order valence-electron chi connectivity index (χ3n) is 5.03. The second kappa shape index (κ2) is 10.6. The first-order valence-corrected chi connectivity index (χ1v) is 10.3. The number of nitrogens with one attached hydrogen (secondary N) is 1. The van der Waals surface area contributed by atoms with Crippen LogP contribution in [0.4, 0.5) is 5.69 Å². The summed E-state index contributed by atoms with van der Waals surface area (Å²) in [6.07, 6.45) is 4.67. The molecule has 0 spiro atoms. The molecule has 2 aromatic rings. The van der Waals surface area contributed by atoms with E-state index in [1.165, 1.54) is 0 Å².